The minimum absolute atomic E-state index is 0.139. The van der Waals surface area contributed by atoms with Gasteiger partial charge >= 0.3 is 0 Å². The molecule has 2 heterocycles. The molecule has 4 nitrogen and oxygen atoms in total. The zero-order valence-corrected chi connectivity index (χ0v) is 13.1. The SMILES string of the molecule is CN1CCC(CCC(=O)N(C)c2cc(Br)ccn2)C1. The van der Waals surface area contributed by atoms with Crippen molar-refractivity contribution < 1.29 is 4.79 Å². The van der Waals surface area contributed by atoms with Crippen molar-refractivity contribution in [1.82, 2.24) is 9.88 Å². The second-order valence-corrected chi connectivity index (χ2v) is 6.16. The number of nitrogens with zero attached hydrogens (tertiary/aromatic N) is 3. The van der Waals surface area contributed by atoms with E-state index in [1.54, 1.807) is 18.1 Å². The second-order valence-electron chi connectivity index (χ2n) is 5.24. The average molecular weight is 326 g/mol. The van der Waals surface area contributed by atoms with Gasteiger partial charge < -0.3 is 4.90 Å². The molecule has 0 aliphatic carbocycles. The van der Waals surface area contributed by atoms with Crippen LogP contribution in [0.15, 0.2) is 22.8 Å². The highest BCUT2D eigenvalue weighted by atomic mass is 79.9. The molecular formula is C14H20BrN3O. The number of carbonyl (C=O) groups excluding carboxylic acids is 1. The number of hydrogen-bond donors (Lipinski definition) is 0. The van der Waals surface area contributed by atoms with Crippen molar-refractivity contribution in [2.45, 2.75) is 19.3 Å². The van der Waals surface area contributed by atoms with Crippen LogP contribution in [0, 0.1) is 5.92 Å². The Kier molecular flexibility index (Phi) is 4.93. The first-order valence-corrected chi connectivity index (χ1v) is 7.42. The van der Waals surface area contributed by atoms with Crippen molar-refractivity contribution in [2.24, 2.45) is 5.92 Å². The van der Waals surface area contributed by atoms with E-state index in [2.05, 4.69) is 32.9 Å². The summed E-state index contributed by atoms with van der Waals surface area (Å²) in [6.07, 6.45) is 4.49. The maximum atomic E-state index is 12.2. The highest BCUT2D eigenvalue weighted by Gasteiger charge is 2.21. The van der Waals surface area contributed by atoms with Crippen LogP contribution in [-0.2, 0) is 4.79 Å². The van der Waals surface area contributed by atoms with Crippen molar-refractivity contribution in [3.63, 3.8) is 0 Å². The highest BCUT2D eigenvalue weighted by Crippen LogP contribution is 2.21. The summed E-state index contributed by atoms with van der Waals surface area (Å²) in [5.74, 6) is 1.50. The summed E-state index contributed by atoms with van der Waals surface area (Å²) in [7, 11) is 3.93. The molecule has 1 fully saturated rings. The smallest absolute Gasteiger partial charge is 0.227 e. The summed E-state index contributed by atoms with van der Waals surface area (Å²) < 4.78 is 0.939. The van der Waals surface area contributed by atoms with Crippen molar-refractivity contribution >= 4 is 27.7 Å². The zero-order valence-electron chi connectivity index (χ0n) is 11.5. The van der Waals surface area contributed by atoms with Gasteiger partial charge in [0.25, 0.3) is 0 Å². The van der Waals surface area contributed by atoms with Gasteiger partial charge in [-0.3, -0.25) is 9.69 Å². The molecule has 0 radical (unpaired) electrons. The highest BCUT2D eigenvalue weighted by molar-refractivity contribution is 9.10. The van der Waals surface area contributed by atoms with Crippen molar-refractivity contribution in [2.75, 3.05) is 32.1 Å². The maximum Gasteiger partial charge on any atom is 0.227 e. The standard InChI is InChI=1S/C14H20BrN3O/c1-17-8-6-11(10-17)3-4-14(19)18(2)13-9-12(15)5-7-16-13/h5,7,9,11H,3-4,6,8,10H2,1-2H3. The number of amides is 1. The minimum Gasteiger partial charge on any atom is -0.306 e. The third-order valence-corrected chi connectivity index (χ3v) is 4.17. The van der Waals surface area contributed by atoms with Gasteiger partial charge in [0.2, 0.25) is 5.91 Å². The number of likely N-dealkylation sites (tertiary alicyclic amines) is 1. The van der Waals surface area contributed by atoms with E-state index in [0.29, 0.717) is 18.2 Å². The number of hydrogen-bond acceptors (Lipinski definition) is 3. The number of aromatic nitrogens is 1. The molecule has 1 saturated heterocycles. The summed E-state index contributed by atoms with van der Waals surface area (Å²) in [6, 6.07) is 3.72. The molecule has 0 saturated carbocycles. The molecule has 1 aliphatic heterocycles. The lowest BCUT2D eigenvalue weighted by Crippen LogP contribution is -2.27. The Hall–Kier alpha value is -0.940. The Morgan fingerprint density at radius 2 is 2.42 bits per heavy atom. The lowest BCUT2D eigenvalue weighted by atomic mass is 10.0. The number of anilines is 1. The van der Waals surface area contributed by atoms with E-state index in [0.717, 1.165) is 24.0 Å². The second kappa shape index (κ2) is 6.48. The van der Waals surface area contributed by atoms with Gasteiger partial charge in [0.05, 0.1) is 0 Å². The van der Waals surface area contributed by atoms with Crippen LogP contribution in [0.4, 0.5) is 5.82 Å². The maximum absolute atomic E-state index is 12.2. The molecule has 0 bridgehead atoms. The van der Waals surface area contributed by atoms with Gasteiger partial charge in [-0.05, 0) is 44.5 Å². The van der Waals surface area contributed by atoms with E-state index in [-0.39, 0.29) is 5.91 Å². The van der Waals surface area contributed by atoms with Crippen molar-refractivity contribution in [3.8, 4) is 0 Å². The summed E-state index contributed by atoms with van der Waals surface area (Å²) >= 11 is 3.40. The number of halogens is 1. The number of pyridine rings is 1. The van der Waals surface area contributed by atoms with Gasteiger partial charge in [-0.2, -0.15) is 0 Å². The van der Waals surface area contributed by atoms with E-state index >= 15 is 0 Å². The third-order valence-electron chi connectivity index (χ3n) is 3.68. The Morgan fingerprint density at radius 1 is 1.63 bits per heavy atom. The van der Waals surface area contributed by atoms with Crippen LogP contribution in [0.5, 0.6) is 0 Å². The topological polar surface area (TPSA) is 36.4 Å². The van der Waals surface area contributed by atoms with E-state index in [9.17, 15) is 4.79 Å². The summed E-state index contributed by atoms with van der Waals surface area (Å²) in [5.41, 5.74) is 0. The van der Waals surface area contributed by atoms with Crippen LogP contribution < -0.4 is 4.90 Å². The molecule has 0 spiro atoms. The largest absolute Gasteiger partial charge is 0.306 e. The van der Waals surface area contributed by atoms with Gasteiger partial charge in [0.1, 0.15) is 5.82 Å². The summed E-state index contributed by atoms with van der Waals surface area (Å²) in [6.45, 7) is 2.27. The Morgan fingerprint density at radius 3 is 3.05 bits per heavy atom. The first-order chi connectivity index (χ1) is 9.06. The monoisotopic (exact) mass is 325 g/mol. The van der Waals surface area contributed by atoms with E-state index in [1.165, 1.54) is 6.42 Å². The molecule has 2 rings (SSSR count). The molecule has 1 atom stereocenters. The van der Waals surface area contributed by atoms with Crippen molar-refractivity contribution in [1.29, 1.82) is 0 Å². The van der Waals surface area contributed by atoms with Gasteiger partial charge in [0, 0.05) is 30.7 Å². The van der Waals surface area contributed by atoms with Crippen LogP contribution >= 0.6 is 15.9 Å². The first kappa shape index (κ1) is 14.5. The summed E-state index contributed by atoms with van der Waals surface area (Å²) in [5, 5.41) is 0. The quantitative estimate of drug-likeness (QED) is 0.853. The lowest BCUT2D eigenvalue weighted by molar-refractivity contribution is -0.118. The van der Waals surface area contributed by atoms with Crippen molar-refractivity contribution in [3.05, 3.63) is 22.8 Å². The van der Waals surface area contributed by atoms with Gasteiger partial charge in [-0.1, -0.05) is 15.9 Å². The molecule has 1 aliphatic rings. The lowest BCUT2D eigenvalue weighted by Gasteiger charge is -2.17. The molecule has 0 aromatic carbocycles. The predicted molar refractivity (Wildman–Crippen MR) is 80.2 cm³/mol. The number of rotatable bonds is 4. The Bertz CT molecular complexity index is 452. The van der Waals surface area contributed by atoms with Crippen LogP contribution in [0.3, 0.4) is 0 Å². The predicted octanol–water partition coefficient (Wildman–Crippen LogP) is 2.54. The first-order valence-electron chi connectivity index (χ1n) is 6.63. The summed E-state index contributed by atoms with van der Waals surface area (Å²) in [4.78, 5) is 20.3. The fourth-order valence-corrected chi connectivity index (χ4v) is 2.78. The zero-order chi connectivity index (χ0) is 13.8. The average Bonchev–Trinajstić information content (AvgIpc) is 2.81. The number of carbonyl (C=O) groups is 1. The molecule has 1 aromatic rings. The molecule has 104 valence electrons. The molecule has 1 amide bonds. The van der Waals surface area contributed by atoms with Gasteiger partial charge in [0.15, 0.2) is 0 Å². The van der Waals surface area contributed by atoms with E-state index in [1.807, 2.05) is 12.1 Å². The molecule has 5 heteroatoms. The molecular weight excluding hydrogens is 306 g/mol. The Balaban J connectivity index is 1.85. The van der Waals surface area contributed by atoms with Crippen LogP contribution in [0.2, 0.25) is 0 Å². The Labute approximate surface area is 122 Å². The molecule has 0 N–H and O–H groups in total. The van der Waals surface area contributed by atoms with Crippen LogP contribution in [0.25, 0.3) is 0 Å². The van der Waals surface area contributed by atoms with E-state index in [4.69, 9.17) is 0 Å². The normalized spacial score (nSPS) is 19.6. The van der Waals surface area contributed by atoms with E-state index < -0.39 is 0 Å². The van der Waals surface area contributed by atoms with Gasteiger partial charge in [-0.15, -0.1) is 0 Å². The molecule has 19 heavy (non-hydrogen) atoms. The fourth-order valence-electron chi connectivity index (χ4n) is 2.46. The molecule has 1 aromatic heterocycles. The third kappa shape index (κ3) is 4.01. The minimum atomic E-state index is 0.139. The van der Waals surface area contributed by atoms with Crippen LogP contribution in [-0.4, -0.2) is 43.0 Å². The van der Waals surface area contributed by atoms with Crippen LogP contribution in [0.1, 0.15) is 19.3 Å². The molecule has 1 unspecified atom stereocenters. The fraction of sp³-hybridized carbons (Fsp3) is 0.571. The van der Waals surface area contributed by atoms with Gasteiger partial charge in [-0.25, -0.2) is 4.98 Å².